The molecule has 0 aliphatic rings. The van der Waals surface area contributed by atoms with Crippen molar-refractivity contribution >= 4 is 46.6 Å². The summed E-state index contributed by atoms with van der Waals surface area (Å²) in [7, 11) is 1.54. The van der Waals surface area contributed by atoms with Gasteiger partial charge in [-0.15, -0.1) is 11.8 Å². The summed E-state index contributed by atoms with van der Waals surface area (Å²) < 4.78 is 18.4. The van der Waals surface area contributed by atoms with Gasteiger partial charge < -0.3 is 15.4 Å². The van der Waals surface area contributed by atoms with E-state index in [0.717, 1.165) is 4.90 Å². The molecule has 0 heterocycles. The number of methoxy groups -OCH3 is 1. The maximum absolute atomic E-state index is 13.3. The van der Waals surface area contributed by atoms with Gasteiger partial charge in [-0.1, -0.05) is 23.7 Å². The molecule has 3 rings (SSSR count). The van der Waals surface area contributed by atoms with Gasteiger partial charge in [0, 0.05) is 21.8 Å². The number of rotatable bonds is 7. The lowest BCUT2D eigenvalue weighted by molar-refractivity contribution is -0.115. The maximum Gasteiger partial charge on any atom is 0.255 e. The number of benzene rings is 3. The van der Waals surface area contributed by atoms with Crippen LogP contribution in [0.4, 0.5) is 15.8 Å². The highest BCUT2D eigenvalue weighted by molar-refractivity contribution is 8.00. The molecule has 2 amide bonds. The van der Waals surface area contributed by atoms with Gasteiger partial charge >= 0.3 is 0 Å². The van der Waals surface area contributed by atoms with Gasteiger partial charge in [0.2, 0.25) is 5.91 Å². The highest BCUT2D eigenvalue weighted by atomic mass is 35.5. The number of anilines is 2. The molecule has 0 spiro atoms. The number of halogens is 2. The number of ether oxygens (including phenoxy) is 1. The van der Waals surface area contributed by atoms with Crippen molar-refractivity contribution in [2.24, 2.45) is 0 Å². The van der Waals surface area contributed by atoms with Crippen LogP contribution in [0.5, 0.6) is 5.75 Å². The fraction of sp³-hybridized carbons (Fsp3) is 0.130. The third kappa shape index (κ3) is 6.23. The number of thioether (sulfide) groups is 1. The number of carbonyl (C=O) groups excluding carboxylic acids is 2. The van der Waals surface area contributed by atoms with Crippen LogP contribution in [-0.4, -0.2) is 24.2 Å². The number of carbonyl (C=O) groups is 2. The zero-order valence-electron chi connectivity index (χ0n) is 16.8. The van der Waals surface area contributed by atoms with Gasteiger partial charge in [0.1, 0.15) is 11.6 Å². The lowest BCUT2D eigenvalue weighted by Gasteiger charge is -2.13. The molecule has 160 valence electrons. The largest absolute Gasteiger partial charge is 0.497 e. The smallest absolute Gasteiger partial charge is 0.255 e. The maximum atomic E-state index is 13.3. The van der Waals surface area contributed by atoms with E-state index in [2.05, 4.69) is 10.6 Å². The normalized spacial score (nSPS) is 11.5. The summed E-state index contributed by atoms with van der Waals surface area (Å²) in [6.45, 7) is 1.76. The van der Waals surface area contributed by atoms with Gasteiger partial charge in [-0.25, -0.2) is 4.39 Å². The monoisotopic (exact) mass is 458 g/mol. The minimum Gasteiger partial charge on any atom is -0.497 e. The van der Waals surface area contributed by atoms with E-state index in [-0.39, 0.29) is 16.8 Å². The van der Waals surface area contributed by atoms with Crippen LogP contribution >= 0.6 is 23.4 Å². The van der Waals surface area contributed by atoms with Crippen LogP contribution in [0.2, 0.25) is 5.02 Å². The van der Waals surface area contributed by atoms with Gasteiger partial charge in [0.05, 0.1) is 17.4 Å². The number of nitrogens with one attached hydrogen (secondary N) is 2. The lowest BCUT2D eigenvalue weighted by Crippen LogP contribution is -2.22. The van der Waals surface area contributed by atoms with Crippen molar-refractivity contribution in [2.45, 2.75) is 17.1 Å². The molecule has 0 bridgehead atoms. The molecule has 1 atom stereocenters. The minimum absolute atomic E-state index is 0.0578. The molecule has 0 saturated carbocycles. The zero-order chi connectivity index (χ0) is 22.4. The SMILES string of the molecule is COc1cccc(C(=O)Nc2cccc(SC(C)C(=O)Nc3ccc(F)c(Cl)c3)c2)c1. The average Bonchev–Trinajstić information content (AvgIpc) is 2.76. The van der Waals surface area contributed by atoms with Crippen LogP contribution in [0.3, 0.4) is 0 Å². The van der Waals surface area contributed by atoms with E-state index in [1.54, 1.807) is 56.5 Å². The Morgan fingerprint density at radius 3 is 2.48 bits per heavy atom. The highest BCUT2D eigenvalue weighted by Crippen LogP contribution is 2.27. The first-order valence-corrected chi connectivity index (χ1v) is 10.6. The van der Waals surface area contributed by atoms with E-state index in [4.69, 9.17) is 16.3 Å². The third-order valence-electron chi connectivity index (χ3n) is 4.29. The van der Waals surface area contributed by atoms with Crippen LogP contribution in [0.15, 0.2) is 71.6 Å². The van der Waals surface area contributed by atoms with Crippen molar-refractivity contribution in [1.82, 2.24) is 0 Å². The van der Waals surface area contributed by atoms with Crippen molar-refractivity contribution < 1.29 is 18.7 Å². The van der Waals surface area contributed by atoms with Crippen molar-refractivity contribution in [3.05, 3.63) is 83.1 Å². The van der Waals surface area contributed by atoms with Gasteiger partial charge in [0.15, 0.2) is 0 Å². The second kappa shape index (κ2) is 10.3. The second-order valence-electron chi connectivity index (χ2n) is 6.59. The van der Waals surface area contributed by atoms with Crippen molar-refractivity contribution in [1.29, 1.82) is 0 Å². The first-order valence-electron chi connectivity index (χ1n) is 9.34. The Labute approximate surface area is 188 Å². The molecular weight excluding hydrogens is 439 g/mol. The van der Waals surface area contributed by atoms with E-state index in [9.17, 15) is 14.0 Å². The number of amides is 2. The standard InChI is InChI=1S/C23H20ClFN2O3S/c1-14(22(28)26-17-9-10-21(25)20(24)13-17)31-19-8-4-6-16(12-19)27-23(29)15-5-3-7-18(11-15)30-2/h3-14H,1-2H3,(H,26,28)(H,27,29). The molecule has 1 unspecified atom stereocenters. The highest BCUT2D eigenvalue weighted by Gasteiger charge is 2.16. The third-order valence-corrected chi connectivity index (χ3v) is 5.68. The molecule has 0 fully saturated rings. The van der Waals surface area contributed by atoms with Crippen LogP contribution in [-0.2, 0) is 4.79 Å². The topological polar surface area (TPSA) is 67.4 Å². The minimum atomic E-state index is -0.546. The quantitative estimate of drug-likeness (QED) is 0.435. The van der Waals surface area contributed by atoms with Gasteiger partial charge in [-0.2, -0.15) is 0 Å². The molecule has 0 saturated heterocycles. The Bertz CT molecular complexity index is 1110. The van der Waals surface area contributed by atoms with Crippen molar-refractivity contribution in [3.8, 4) is 5.75 Å². The summed E-state index contributed by atoms with van der Waals surface area (Å²) >= 11 is 7.08. The van der Waals surface area contributed by atoms with Crippen molar-refractivity contribution in [3.63, 3.8) is 0 Å². The predicted molar refractivity (Wildman–Crippen MR) is 123 cm³/mol. The molecule has 0 aromatic heterocycles. The molecule has 3 aromatic rings. The first kappa shape index (κ1) is 22.7. The Balaban J connectivity index is 1.63. The first-order chi connectivity index (χ1) is 14.9. The van der Waals surface area contributed by atoms with Gasteiger partial charge in [0.25, 0.3) is 5.91 Å². The van der Waals surface area contributed by atoms with Crippen LogP contribution in [0.25, 0.3) is 0 Å². The summed E-state index contributed by atoms with van der Waals surface area (Å²) in [4.78, 5) is 25.8. The number of hydrogen-bond acceptors (Lipinski definition) is 4. The molecule has 5 nitrogen and oxygen atoms in total. The van der Waals surface area contributed by atoms with Crippen LogP contribution in [0, 0.1) is 5.82 Å². The molecule has 8 heteroatoms. The Kier molecular flexibility index (Phi) is 7.55. The lowest BCUT2D eigenvalue weighted by atomic mass is 10.2. The fourth-order valence-corrected chi connectivity index (χ4v) is 3.80. The Hall–Kier alpha value is -3.03. The average molecular weight is 459 g/mol. The number of hydrogen-bond donors (Lipinski definition) is 2. The van der Waals surface area contributed by atoms with E-state index < -0.39 is 11.1 Å². The summed E-state index contributed by atoms with van der Waals surface area (Å²) in [5.41, 5.74) is 1.50. The van der Waals surface area contributed by atoms with E-state index in [1.165, 1.54) is 30.0 Å². The van der Waals surface area contributed by atoms with E-state index in [0.29, 0.717) is 22.7 Å². The summed E-state index contributed by atoms with van der Waals surface area (Å²) in [6, 6.07) is 18.1. The summed E-state index contributed by atoms with van der Waals surface area (Å²) in [6.07, 6.45) is 0. The predicted octanol–water partition coefficient (Wildman–Crippen LogP) is 5.86. The summed E-state index contributed by atoms with van der Waals surface area (Å²) in [5.74, 6) is -0.465. The zero-order valence-corrected chi connectivity index (χ0v) is 18.4. The van der Waals surface area contributed by atoms with E-state index >= 15 is 0 Å². The molecule has 3 aromatic carbocycles. The van der Waals surface area contributed by atoms with Crippen LogP contribution in [0.1, 0.15) is 17.3 Å². The molecule has 0 aliphatic heterocycles. The van der Waals surface area contributed by atoms with Crippen LogP contribution < -0.4 is 15.4 Å². The molecule has 0 aliphatic carbocycles. The summed E-state index contributed by atoms with van der Waals surface area (Å²) in [5, 5.41) is 5.07. The molecule has 2 N–H and O–H groups in total. The molecular formula is C23H20ClFN2O3S. The molecule has 0 radical (unpaired) electrons. The van der Waals surface area contributed by atoms with E-state index in [1.807, 2.05) is 6.07 Å². The van der Waals surface area contributed by atoms with Gasteiger partial charge in [-0.3, -0.25) is 9.59 Å². The Morgan fingerprint density at radius 1 is 1.00 bits per heavy atom. The Morgan fingerprint density at radius 2 is 1.74 bits per heavy atom. The fourth-order valence-electron chi connectivity index (χ4n) is 2.69. The van der Waals surface area contributed by atoms with Gasteiger partial charge in [-0.05, 0) is 61.5 Å². The molecule has 31 heavy (non-hydrogen) atoms. The second-order valence-corrected chi connectivity index (χ2v) is 8.41. The van der Waals surface area contributed by atoms with Crippen molar-refractivity contribution in [2.75, 3.05) is 17.7 Å².